The van der Waals surface area contributed by atoms with Gasteiger partial charge >= 0.3 is 5.97 Å². The number of carbonyl (C=O) groups excluding carboxylic acids is 2. The van der Waals surface area contributed by atoms with Gasteiger partial charge in [0.15, 0.2) is 6.29 Å². The summed E-state index contributed by atoms with van der Waals surface area (Å²) >= 11 is 0. The Kier molecular flexibility index (Phi) is 3.44. The van der Waals surface area contributed by atoms with Crippen molar-refractivity contribution in [1.29, 1.82) is 0 Å². The summed E-state index contributed by atoms with van der Waals surface area (Å²) in [5.74, 6) is -0.224. The maximum absolute atomic E-state index is 11.4. The minimum atomic E-state index is -0.575. The van der Waals surface area contributed by atoms with Gasteiger partial charge in [-0.1, -0.05) is 0 Å². The van der Waals surface area contributed by atoms with Gasteiger partial charge in [0.1, 0.15) is 11.3 Å². The number of rotatable bonds is 3. The number of methoxy groups -OCH3 is 2. The standard InChI is InChI=1S/C11H12O4/c1-7-4-8(6-12)10(11(13)15-3)9(5-7)14-2/h4-6H,1-3H3. The highest BCUT2D eigenvalue weighted by molar-refractivity contribution is 6.01. The van der Waals surface area contributed by atoms with Crippen molar-refractivity contribution in [3.63, 3.8) is 0 Å². The number of aldehydes is 1. The molecular weight excluding hydrogens is 196 g/mol. The van der Waals surface area contributed by atoms with E-state index < -0.39 is 5.97 Å². The molecule has 0 atom stereocenters. The van der Waals surface area contributed by atoms with Gasteiger partial charge in [0.2, 0.25) is 0 Å². The smallest absolute Gasteiger partial charge is 0.342 e. The molecule has 0 unspecified atom stereocenters. The monoisotopic (exact) mass is 208 g/mol. The van der Waals surface area contributed by atoms with Gasteiger partial charge in [-0.3, -0.25) is 4.79 Å². The summed E-state index contributed by atoms with van der Waals surface area (Å²) in [7, 11) is 2.70. The second kappa shape index (κ2) is 4.59. The van der Waals surface area contributed by atoms with E-state index in [1.807, 2.05) is 6.92 Å². The zero-order valence-electron chi connectivity index (χ0n) is 8.87. The van der Waals surface area contributed by atoms with Crippen LogP contribution in [0.3, 0.4) is 0 Å². The van der Waals surface area contributed by atoms with E-state index in [1.54, 1.807) is 12.1 Å². The van der Waals surface area contributed by atoms with Crippen LogP contribution < -0.4 is 4.74 Å². The van der Waals surface area contributed by atoms with Crippen LogP contribution >= 0.6 is 0 Å². The molecule has 15 heavy (non-hydrogen) atoms. The van der Waals surface area contributed by atoms with Crippen LogP contribution in [0.25, 0.3) is 0 Å². The quantitative estimate of drug-likeness (QED) is 0.559. The molecule has 1 rings (SSSR count). The largest absolute Gasteiger partial charge is 0.496 e. The number of esters is 1. The van der Waals surface area contributed by atoms with E-state index in [-0.39, 0.29) is 11.1 Å². The second-order valence-corrected chi connectivity index (χ2v) is 3.04. The highest BCUT2D eigenvalue weighted by atomic mass is 16.5. The summed E-state index contributed by atoms with van der Waals surface area (Å²) in [6.45, 7) is 1.82. The van der Waals surface area contributed by atoms with Gasteiger partial charge in [0.25, 0.3) is 0 Å². The molecule has 0 spiro atoms. The maximum atomic E-state index is 11.4. The van der Waals surface area contributed by atoms with Gasteiger partial charge in [-0.25, -0.2) is 4.79 Å². The molecule has 0 N–H and O–H groups in total. The lowest BCUT2D eigenvalue weighted by atomic mass is 10.0. The van der Waals surface area contributed by atoms with E-state index in [1.165, 1.54) is 14.2 Å². The lowest BCUT2D eigenvalue weighted by Crippen LogP contribution is -2.08. The van der Waals surface area contributed by atoms with Crippen molar-refractivity contribution < 1.29 is 19.1 Å². The summed E-state index contributed by atoms with van der Waals surface area (Å²) in [6.07, 6.45) is 0.613. The molecule has 80 valence electrons. The van der Waals surface area contributed by atoms with Crippen molar-refractivity contribution in [3.05, 3.63) is 28.8 Å². The highest BCUT2D eigenvalue weighted by Gasteiger charge is 2.18. The van der Waals surface area contributed by atoms with E-state index >= 15 is 0 Å². The molecule has 4 nitrogen and oxygen atoms in total. The van der Waals surface area contributed by atoms with Crippen LogP contribution in [0.2, 0.25) is 0 Å². The second-order valence-electron chi connectivity index (χ2n) is 3.04. The third-order valence-electron chi connectivity index (χ3n) is 2.01. The molecule has 1 aromatic rings. The van der Waals surface area contributed by atoms with Crippen molar-refractivity contribution in [3.8, 4) is 5.75 Å². The molecule has 0 aliphatic carbocycles. The van der Waals surface area contributed by atoms with Gasteiger partial charge in [-0.2, -0.15) is 0 Å². The third kappa shape index (κ3) is 2.15. The van der Waals surface area contributed by atoms with Gasteiger partial charge in [0, 0.05) is 5.56 Å². The number of ether oxygens (including phenoxy) is 2. The summed E-state index contributed by atoms with van der Waals surface area (Å²) in [5.41, 5.74) is 1.29. The van der Waals surface area contributed by atoms with Crippen LogP contribution in [0.4, 0.5) is 0 Å². The first-order valence-corrected chi connectivity index (χ1v) is 4.36. The van der Waals surface area contributed by atoms with Gasteiger partial charge in [-0.15, -0.1) is 0 Å². The summed E-state index contributed by atoms with van der Waals surface area (Å²) in [6, 6.07) is 3.29. The topological polar surface area (TPSA) is 52.6 Å². The first-order valence-electron chi connectivity index (χ1n) is 4.36. The van der Waals surface area contributed by atoms with Gasteiger partial charge in [0.05, 0.1) is 14.2 Å². The van der Waals surface area contributed by atoms with Crippen LogP contribution in [0.15, 0.2) is 12.1 Å². The van der Waals surface area contributed by atoms with E-state index in [0.29, 0.717) is 12.0 Å². The van der Waals surface area contributed by atoms with E-state index in [4.69, 9.17) is 4.74 Å². The first kappa shape index (κ1) is 11.2. The Morgan fingerprint density at radius 3 is 2.47 bits per heavy atom. The number of aryl methyl sites for hydroxylation is 1. The molecule has 1 aromatic carbocycles. The predicted octanol–water partition coefficient (Wildman–Crippen LogP) is 1.60. The molecule has 0 aliphatic heterocycles. The normalized spacial score (nSPS) is 9.53. The molecule has 0 saturated heterocycles. The lowest BCUT2D eigenvalue weighted by Gasteiger charge is -2.09. The molecule has 0 amide bonds. The molecule has 0 bridgehead atoms. The molecule has 0 saturated carbocycles. The highest BCUT2D eigenvalue weighted by Crippen LogP contribution is 2.24. The Bertz CT molecular complexity index is 396. The Labute approximate surface area is 87.8 Å². The third-order valence-corrected chi connectivity index (χ3v) is 2.01. The van der Waals surface area contributed by atoms with Crippen molar-refractivity contribution in [2.75, 3.05) is 14.2 Å². The van der Waals surface area contributed by atoms with E-state index in [2.05, 4.69) is 4.74 Å². The maximum Gasteiger partial charge on any atom is 0.342 e. The Morgan fingerprint density at radius 1 is 1.33 bits per heavy atom. The summed E-state index contributed by atoms with van der Waals surface area (Å²) in [5, 5.41) is 0. The Hall–Kier alpha value is -1.84. The molecular formula is C11H12O4. The van der Waals surface area contributed by atoms with Gasteiger partial charge < -0.3 is 9.47 Å². The van der Waals surface area contributed by atoms with Crippen molar-refractivity contribution in [1.82, 2.24) is 0 Å². The fraction of sp³-hybridized carbons (Fsp3) is 0.273. The summed E-state index contributed by atoms with van der Waals surface area (Å²) < 4.78 is 9.62. The lowest BCUT2D eigenvalue weighted by molar-refractivity contribution is 0.0594. The van der Waals surface area contributed by atoms with E-state index in [0.717, 1.165) is 5.56 Å². The van der Waals surface area contributed by atoms with Crippen LogP contribution in [-0.4, -0.2) is 26.5 Å². The Morgan fingerprint density at radius 2 is 2.00 bits per heavy atom. The zero-order valence-corrected chi connectivity index (χ0v) is 8.87. The zero-order chi connectivity index (χ0) is 11.4. The molecule has 0 aliphatic rings. The molecule has 0 radical (unpaired) electrons. The number of hydrogen-bond acceptors (Lipinski definition) is 4. The predicted molar refractivity (Wildman–Crippen MR) is 54.5 cm³/mol. The van der Waals surface area contributed by atoms with Gasteiger partial charge in [-0.05, 0) is 24.6 Å². The summed E-state index contributed by atoms with van der Waals surface area (Å²) in [4.78, 5) is 22.2. The minimum absolute atomic E-state index is 0.167. The minimum Gasteiger partial charge on any atom is -0.496 e. The van der Waals surface area contributed by atoms with Crippen LogP contribution in [0.5, 0.6) is 5.75 Å². The van der Waals surface area contributed by atoms with Crippen LogP contribution in [0, 0.1) is 6.92 Å². The molecule has 0 fully saturated rings. The first-order chi connectivity index (χ1) is 7.13. The number of hydrogen-bond donors (Lipinski definition) is 0. The molecule has 0 aromatic heterocycles. The number of carbonyl (C=O) groups is 2. The van der Waals surface area contributed by atoms with Crippen molar-refractivity contribution in [2.45, 2.75) is 6.92 Å². The fourth-order valence-electron chi connectivity index (χ4n) is 1.35. The molecule has 4 heteroatoms. The van der Waals surface area contributed by atoms with Crippen LogP contribution in [0.1, 0.15) is 26.3 Å². The van der Waals surface area contributed by atoms with Crippen LogP contribution in [-0.2, 0) is 4.74 Å². The van der Waals surface area contributed by atoms with Crippen molar-refractivity contribution in [2.24, 2.45) is 0 Å². The molecule has 0 heterocycles. The average Bonchev–Trinajstić information content (AvgIpc) is 2.26. The SMILES string of the molecule is COC(=O)c1c(C=O)cc(C)cc1OC. The average molecular weight is 208 g/mol. The Balaban J connectivity index is 3.43. The van der Waals surface area contributed by atoms with E-state index in [9.17, 15) is 9.59 Å². The van der Waals surface area contributed by atoms with Crippen molar-refractivity contribution >= 4 is 12.3 Å². The number of benzene rings is 1. The fourth-order valence-corrected chi connectivity index (χ4v) is 1.35.